The number of rotatable bonds is 1. The van der Waals surface area contributed by atoms with Gasteiger partial charge >= 0.3 is 0 Å². The van der Waals surface area contributed by atoms with Crippen molar-refractivity contribution in [3.8, 4) is 0 Å². The molecular weight excluding hydrogens is 166 g/mol. The Balaban J connectivity index is 1.69. The Morgan fingerprint density at radius 3 is 3.08 bits per heavy atom. The molecule has 1 N–H and O–H groups in total. The molecule has 0 aromatic rings. The normalized spacial score (nSPS) is 52.8. The van der Waals surface area contributed by atoms with Gasteiger partial charge in [-0.05, 0) is 32.1 Å². The smallest absolute Gasteiger partial charge is 0.0947 e. The molecule has 4 heteroatoms. The fraction of sp³-hybridized carbons (Fsp3) is 1.00. The summed E-state index contributed by atoms with van der Waals surface area (Å²) in [6, 6.07) is 0.929. The van der Waals surface area contributed by atoms with E-state index < -0.39 is 0 Å². The second-order valence-electron chi connectivity index (χ2n) is 4.63. The van der Waals surface area contributed by atoms with E-state index in [-0.39, 0.29) is 5.60 Å². The van der Waals surface area contributed by atoms with E-state index >= 15 is 0 Å². The van der Waals surface area contributed by atoms with E-state index in [4.69, 9.17) is 4.74 Å². The van der Waals surface area contributed by atoms with Gasteiger partial charge in [-0.25, -0.2) is 0 Å². The van der Waals surface area contributed by atoms with E-state index in [2.05, 4.69) is 22.7 Å². The van der Waals surface area contributed by atoms with E-state index in [9.17, 15) is 0 Å². The van der Waals surface area contributed by atoms with Gasteiger partial charge in [0.2, 0.25) is 0 Å². The number of nitrogens with one attached hydrogen (secondary N) is 1. The topological polar surface area (TPSA) is 49.3 Å². The largest absolute Gasteiger partial charge is 0.370 e. The molecule has 0 radical (unpaired) electrons. The second-order valence-corrected chi connectivity index (χ2v) is 4.63. The van der Waals surface area contributed by atoms with Gasteiger partial charge in [0.15, 0.2) is 0 Å². The monoisotopic (exact) mass is 181 g/mol. The van der Waals surface area contributed by atoms with E-state index in [1.807, 2.05) is 0 Å². The number of hydrogen-bond donors (Lipinski definition) is 1. The minimum Gasteiger partial charge on any atom is -0.370 e. The molecule has 1 aliphatic carbocycles. The van der Waals surface area contributed by atoms with Gasteiger partial charge in [-0.1, -0.05) is 5.22 Å². The average Bonchev–Trinajstić information content (AvgIpc) is 2.74. The maximum Gasteiger partial charge on any atom is 0.0947 e. The third kappa shape index (κ3) is 1.15. The minimum absolute atomic E-state index is 0.190. The van der Waals surface area contributed by atoms with Crippen molar-refractivity contribution in [1.29, 1.82) is 0 Å². The van der Waals surface area contributed by atoms with E-state index in [0.29, 0.717) is 18.0 Å². The van der Waals surface area contributed by atoms with E-state index in [1.54, 1.807) is 0 Å². The Morgan fingerprint density at radius 2 is 2.31 bits per heavy atom. The lowest BCUT2D eigenvalue weighted by atomic mass is 9.77. The zero-order chi connectivity index (χ0) is 8.89. The Labute approximate surface area is 77.7 Å². The van der Waals surface area contributed by atoms with Crippen LogP contribution in [0.4, 0.5) is 0 Å². The average molecular weight is 181 g/mol. The van der Waals surface area contributed by atoms with Crippen LogP contribution < -0.4 is 5.43 Å². The summed E-state index contributed by atoms with van der Waals surface area (Å²) in [5.74, 6) is 0.713. The molecule has 2 fully saturated rings. The maximum atomic E-state index is 5.49. The van der Waals surface area contributed by atoms with Gasteiger partial charge in [0.05, 0.1) is 24.3 Å². The van der Waals surface area contributed by atoms with Crippen molar-refractivity contribution in [3.63, 3.8) is 0 Å². The summed E-state index contributed by atoms with van der Waals surface area (Å²) in [4.78, 5) is 0. The van der Waals surface area contributed by atoms with Gasteiger partial charge in [0, 0.05) is 0 Å². The number of hydrogen-bond acceptors (Lipinski definition) is 4. The maximum absolute atomic E-state index is 5.49. The highest BCUT2D eigenvalue weighted by molar-refractivity contribution is 5.01. The number of nitrogens with zero attached hydrogens (tertiary/aromatic N) is 2. The SMILES string of the molecule is CC1(C2CCC3N=NNC3C2)CO1. The lowest BCUT2D eigenvalue weighted by Gasteiger charge is -2.31. The quantitative estimate of drug-likeness (QED) is 0.619. The summed E-state index contributed by atoms with van der Waals surface area (Å²) in [6.07, 6.45) is 3.59. The zero-order valence-corrected chi connectivity index (χ0v) is 7.86. The fourth-order valence-electron chi connectivity index (χ4n) is 2.52. The summed E-state index contributed by atoms with van der Waals surface area (Å²) in [7, 11) is 0. The van der Waals surface area contributed by atoms with Crippen LogP contribution in [0.15, 0.2) is 10.3 Å². The first-order valence-electron chi connectivity index (χ1n) is 5.07. The standard InChI is InChI=1S/C9H15N3O/c1-9(5-13-9)6-2-3-7-8(4-6)11-12-10-7/h6-8H,2-5H2,1H3,(H,10,11). The number of epoxide rings is 1. The number of fused-ring (bicyclic) bond motifs is 1. The number of ether oxygens (including phenoxy) is 1. The second kappa shape index (κ2) is 2.44. The molecule has 13 heavy (non-hydrogen) atoms. The lowest BCUT2D eigenvalue weighted by Crippen LogP contribution is -2.40. The molecule has 0 amide bonds. The van der Waals surface area contributed by atoms with Gasteiger partial charge in [-0.2, -0.15) is 5.11 Å². The highest BCUT2D eigenvalue weighted by Crippen LogP contribution is 2.44. The van der Waals surface area contributed by atoms with Crippen molar-refractivity contribution in [1.82, 2.24) is 5.43 Å². The summed E-state index contributed by atoms with van der Waals surface area (Å²) in [6.45, 7) is 3.17. The Morgan fingerprint density at radius 1 is 1.46 bits per heavy atom. The van der Waals surface area contributed by atoms with Crippen LogP contribution in [0, 0.1) is 5.92 Å². The van der Waals surface area contributed by atoms with Crippen molar-refractivity contribution in [2.45, 2.75) is 43.9 Å². The Bertz CT molecular complexity index is 249. The molecule has 4 atom stereocenters. The van der Waals surface area contributed by atoms with Crippen LogP contribution in [-0.4, -0.2) is 24.3 Å². The predicted molar refractivity (Wildman–Crippen MR) is 47.3 cm³/mol. The summed E-state index contributed by atoms with van der Waals surface area (Å²) in [5, 5.41) is 8.07. The molecular formula is C9H15N3O. The van der Waals surface area contributed by atoms with Gasteiger partial charge in [-0.15, -0.1) is 0 Å². The molecule has 0 aromatic heterocycles. The Hall–Kier alpha value is -0.640. The molecule has 4 unspecified atom stereocenters. The van der Waals surface area contributed by atoms with Crippen molar-refractivity contribution >= 4 is 0 Å². The highest BCUT2D eigenvalue weighted by atomic mass is 16.6. The minimum atomic E-state index is 0.190. The molecule has 1 saturated heterocycles. The molecule has 2 heterocycles. The van der Waals surface area contributed by atoms with Gasteiger partial charge in [0.25, 0.3) is 0 Å². The zero-order valence-electron chi connectivity index (χ0n) is 7.86. The van der Waals surface area contributed by atoms with Crippen LogP contribution >= 0.6 is 0 Å². The molecule has 3 rings (SSSR count). The van der Waals surface area contributed by atoms with E-state index in [0.717, 1.165) is 6.61 Å². The first-order valence-corrected chi connectivity index (χ1v) is 5.07. The van der Waals surface area contributed by atoms with E-state index in [1.165, 1.54) is 19.3 Å². The third-order valence-electron chi connectivity index (χ3n) is 3.71. The van der Waals surface area contributed by atoms with Crippen LogP contribution in [0.2, 0.25) is 0 Å². The Kier molecular flexibility index (Phi) is 1.45. The van der Waals surface area contributed by atoms with Gasteiger partial charge < -0.3 is 4.74 Å². The van der Waals surface area contributed by atoms with Crippen LogP contribution in [0.25, 0.3) is 0 Å². The molecule has 3 aliphatic rings. The summed E-state index contributed by atoms with van der Waals surface area (Å²) < 4.78 is 5.49. The fourth-order valence-corrected chi connectivity index (χ4v) is 2.52. The lowest BCUT2D eigenvalue weighted by molar-refractivity contribution is 0.166. The molecule has 0 aromatic carbocycles. The van der Waals surface area contributed by atoms with Crippen molar-refractivity contribution in [3.05, 3.63) is 0 Å². The first kappa shape index (κ1) is 7.74. The summed E-state index contributed by atoms with van der Waals surface area (Å²) >= 11 is 0. The van der Waals surface area contributed by atoms with Gasteiger partial charge in [0.1, 0.15) is 0 Å². The van der Waals surface area contributed by atoms with Gasteiger partial charge in [-0.3, -0.25) is 5.43 Å². The third-order valence-corrected chi connectivity index (χ3v) is 3.71. The van der Waals surface area contributed by atoms with Crippen LogP contribution in [0.5, 0.6) is 0 Å². The molecule has 0 spiro atoms. The molecule has 72 valence electrons. The van der Waals surface area contributed by atoms with Crippen LogP contribution in [0.1, 0.15) is 26.2 Å². The first-order chi connectivity index (χ1) is 6.28. The molecule has 1 saturated carbocycles. The van der Waals surface area contributed by atoms with Crippen LogP contribution in [-0.2, 0) is 4.74 Å². The van der Waals surface area contributed by atoms with Crippen molar-refractivity contribution in [2.24, 2.45) is 16.3 Å². The van der Waals surface area contributed by atoms with Crippen LogP contribution in [0.3, 0.4) is 0 Å². The predicted octanol–water partition coefficient (Wildman–Crippen LogP) is 1.28. The molecule has 4 nitrogen and oxygen atoms in total. The van der Waals surface area contributed by atoms with Crippen molar-refractivity contribution in [2.75, 3.05) is 6.61 Å². The molecule has 0 bridgehead atoms. The highest BCUT2D eigenvalue weighted by Gasteiger charge is 2.50. The summed E-state index contributed by atoms with van der Waals surface area (Å²) in [5.41, 5.74) is 3.28. The van der Waals surface area contributed by atoms with Crippen molar-refractivity contribution < 1.29 is 4.74 Å². The molecule has 2 aliphatic heterocycles.